The molecule has 1 N–H and O–H groups in total. The number of aromatic nitrogens is 1. The fraction of sp³-hybridized carbons (Fsp3) is 0.457. The van der Waals surface area contributed by atoms with E-state index in [4.69, 9.17) is 47.0 Å². The topological polar surface area (TPSA) is 99.2 Å². The molecule has 0 radical (unpaired) electrons. The van der Waals surface area contributed by atoms with Crippen LogP contribution >= 0.6 is 23.2 Å². The molecule has 0 saturated carbocycles. The van der Waals surface area contributed by atoms with Crippen LogP contribution in [-0.2, 0) is 25.4 Å². The number of hydrogen-bond donors (Lipinski definition) is 1. The van der Waals surface area contributed by atoms with Crippen LogP contribution in [0.4, 0.5) is 4.79 Å². The van der Waals surface area contributed by atoms with Crippen LogP contribution in [0.15, 0.2) is 48.5 Å². The van der Waals surface area contributed by atoms with E-state index < -0.39 is 30.0 Å². The number of halogens is 2. The van der Waals surface area contributed by atoms with Gasteiger partial charge in [-0.1, -0.05) is 59.6 Å². The maximum absolute atomic E-state index is 13.2. The van der Waals surface area contributed by atoms with Gasteiger partial charge in [-0.15, -0.1) is 0 Å². The van der Waals surface area contributed by atoms with Crippen molar-refractivity contribution in [3.05, 3.63) is 64.1 Å². The molecule has 2 aliphatic rings. The predicted molar refractivity (Wildman–Crippen MR) is 185 cm³/mol. The number of nitrogens with one attached hydrogen (secondary N) is 1. The molecular formula is C35H42BCl2N3O6. The highest BCUT2D eigenvalue weighted by atomic mass is 35.5. The van der Waals surface area contributed by atoms with Crippen LogP contribution in [0.2, 0.25) is 10.0 Å². The van der Waals surface area contributed by atoms with Gasteiger partial charge < -0.3 is 29.0 Å². The normalized spacial score (nSPS) is 18.6. The molecule has 2 aromatic carbocycles. The fourth-order valence-electron chi connectivity index (χ4n) is 5.58. The van der Waals surface area contributed by atoms with Gasteiger partial charge in [0.25, 0.3) is 0 Å². The summed E-state index contributed by atoms with van der Waals surface area (Å²) in [4.78, 5) is 31.4. The van der Waals surface area contributed by atoms with Crippen molar-refractivity contribution in [1.82, 2.24) is 15.2 Å². The molecule has 12 heteroatoms. The third-order valence-corrected chi connectivity index (χ3v) is 9.60. The molecule has 0 aliphatic carbocycles. The van der Waals surface area contributed by atoms with Crippen LogP contribution in [0, 0.1) is 0 Å². The van der Waals surface area contributed by atoms with E-state index in [2.05, 4.69) is 5.32 Å². The first-order chi connectivity index (χ1) is 22.0. The smallest absolute Gasteiger partial charge is 0.481 e. The molecule has 3 heterocycles. The molecule has 0 bridgehead atoms. The average Bonchev–Trinajstić information content (AvgIpc) is 3.49. The Morgan fingerprint density at radius 3 is 2.21 bits per heavy atom. The number of amides is 2. The number of methoxy groups -OCH3 is 1. The zero-order valence-electron chi connectivity index (χ0n) is 28.2. The summed E-state index contributed by atoms with van der Waals surface area (Å²) in [7, 11) is 0.905. The minimum atomic E-state index is -0.686. The van der Waals surface area contributed by atoms with E-state index in [1.807, 2.05) is 97.0 Å². The first-order valence-corrected chi connectivity index (χ1v) is 16.5. The van der Waals surface area contributed by atoms with Crippen molar-refractivity contribution in [1.29, 1.82) is 0 Å². The van der Waals surface area contributed by atoms with Crippen molar-refractivity contribution in [3.8, 4) is 28.3 Å². The molecule has 2 saturated heterocycles. The molecule has 2 fully saturated rings. The highest BCUT2D eigenvalue weighted by Crippen LogP contribution is 2.41. The van der Waals surface area contributed by atoms with Gasteiger partial charge >= 0.3 is 13.2 Å². The zero-order valence-corrected chi connectivity index (χ0v) is 29.7. The van der Waals surface area contributed by atoms with Crippen LogP contribution < -0.4 is 15.5 Å². The largest absolute Gasteiger partial charge is 0.496 e. The van der Waals surface area contributed by atoms with Gasteiger partial charge in [0.05, 0.1) is 35.6 Å². The summed E-state index contributed by atoms with van der Waals surface area (Å²) in [6, 6.07) is 15.0. The molecule has 3 aromatic rings. The standard InChI is InChI=1S/C35H42BCl2N3O6/c1-33(2,3)45-32(43)41(20-22-16-18-28(42)39-22)19-21-15-17-27(40-31(21)44-8)25-13-9-11-23(29(25)37)24-12-10-14-26(30(24)38)36-46-34(4,5)35(6,7)47-36/h9-15,17,22H,16,18-20H2,1-8H3,(H,39,42)/t22-/m0/s1. The Bertz CT molecular complexity index is 1660. The second-order valence-electron chi connectivity index (χ2n) is 14.0. The minimum absolute atomic E-state index is 0.0250. The Hall–Kier alpha value is -3.31. The third-order valence-electron chi connectivity index (χ3n) is 8.77. The fourth-order valence-corrected chi connectivity index (χ4v) is 6.22. The quantitative estimate of drug-likeness (QED) is 0.255. The van der Waals surface area contributed by atoms with Crippen LogP contribution in [0.5, 0.6) is 5.88 Å². The Morgan fingerprint density at radius 2 is 1.62 bits per heavy atom. The van der Waals surface area contributed by atoms with Gasteiger partial charge in [-0.25, -0.2) is 9.78 Å². The van der Waals surface area contributed by atoms with Crippen LogP contribution in [0.3, 0.4) is 0 Å². The van der Waals surface area contributed by atoms with E-state index >= 15 is 0 Å². The summed E-state index contributed by atoms with van der Waals surface area (Å²) in [6.07, 6.45) is 0.589. The monoisotopic (exact) mass is 681 g/mol. The minimum Gasteiger partial charge on any atom is -0.481 e. The van der Waals surface area contributed by atoms with E-state index in [1.165, 1.54) is 7.11 Å². The van der Waals surface area contributed by atoms with Gasteiger partial charge in [-0.3, -0.25) is 4.79 Å². The average molecular weight is 682 g/mol. The van der Waals surface area contributed by atoms with Gasteiger partial charge in [0.2, 0.25) is 11.8 Å². The molecule has 47 heavy (non-hydrogen) atoms. The summed E-state index contributed by atoms with van der Waals surface area (Å²) < 4.78 is 23.9. The molecule has 2 amide bonds. The highest BCUT2D eigenvalue weighted by Gasteiger charge is 2.52. The first kappa shape index (κ1) is 35.0. The Balaban J connectivity index is 1.44. The van der Waals surface area contributed by atoms with E-state index in [0.717, 1.165) is 16.6 Å². The molecule has 5 rings (SSSR count). The van der Waals surface area contributed by atoms with Gasteiger partial charge in [-0.05, 0) is 67.0 Å². The Morgan fingerprint density at radius 1 is 1.00 bits per heavy atom. The Labute approximate surface area is 287 Å². The molecule has 2 aliphatic heterocycles. The van der Waals surface area contributed by atoms with Crippen LogP contribution in [0.1, 0.15) is 66.9 Å². The first-order valence-electron chi connectivity index (χ1n) is 15.7. The molecule has 1 aromatic heterocycles. The number of hydrogen-bond acceptors (Lipinski definition) is 7. The number of ether oxygens (including phenoxy) is 2. The van der Waals surface area contributed by atoms with Gasteiger partial charge in [0.1, 0.15) is 5.60 Å². The number of carbonyl (C=O) groups excluding carboxylic acids is 2. The molecule has 0 unspecified atom stereocenters. The van der Waals surface area contributed by atoms with E-state index in [9.17, 15) is 9.59 Å². The summed E-state index contributed by atoms with van der Waals surface area (Å²) >= 11 is 14.1. The number of rotatable bonds is 8. The second-order valence-corrected chi connectivity index (χ2v) is 14.7. The summed E-state index contributed by atoms with van der Waals surface area (Å²) in [5.41, 5.74) is 2.43. The molecule has 9 nitrogen and oxygen atoms in total. The maximum Gasteiger partial charge on any atom is 0.496 e. The number of nitrogens with zero attached hydrogens (tertiary/aromatic N) is 2. The summed E-state index contributed by atoms with van der Waals surface area (Å²) in [5.74, 6) is 0.316. The molecule has 1 atom stereocenters. The lowest BCUT2D eigenvalue weighted by molar-refractivity contribution is -0.119. The van der Waals surface area contributed by atoms with Crippen molar-refractivity contribution >= 4 is 47.8 Å². The number of carbonyl (C=O) groups is 2. The van der Waals surface area contributed by atoms with Gasteiger partial charge in [-0.2, -0.15) is 0 Å². The summed E-state index contributed by atoms with van der Waals surface area (Å²) in [5, 5.41) is 3.89. The van der Waals surface area contributed by atoms with Crippen LogP contribution in [-0.4, -0.2) is 65.5 Å². The van der Waals surface area contributed by atoms with Crippen LogP contribution in [0.25, 0.3) is 22.4 Å². The molecule has 250 valence electrons. The third kappa shape index (κ3) is 7.56. The molecular weight excluding hydrogens is 640 g/mol. The molecule has 0 spiro atoms. The lowest BCUT2D eigenvalue weighted by Crippen LogP contribution is -2.43. The van der Waals surface area contributed by atoms with Gasteiger partial charge in [0.15, 0.2) is 0 Å². The Kier molecular flexibility index (Phi) is 9.91. The van der Waals surface area contributed by atoms with Crippen molar-refractivity contribution in [2.75, 3.05) is 13.7 Å². The van der Waals surface area contributed by atoms with E-state index in [0.29, 0.717) is 52.1 Å². The lowest BCUT2D eigenvalue weighted by Gasteiger charge is -2.32. The number of benzene rings is 2. The lowest BCUT2D eigenvalue weighted by atomic mass is 9.77. The van der Waals surface area contributed by atoms with E-state index in [-0.39, 0.29) is 18.5 Å². The zero-order chi connectivity index (χ0) is 34.3. The van der Waals surface area contributed by atoms with Crippen molar-refractivity contribution in [3.63, 3.8) is 0 Å². The SMILES string of the molecule is COc1nc(-c2cccc(-c3cccc(B4OC(C)(C)C(C)(C)O4)c3Cl)c2Cl)ccc1CN(C[C@@H]1CCC(=O)N1)C(=O)OC(C)(C)C. The highest BCUT2D eigenvalue weighted by molar-refractivity contribution is 6.66. The number of pyridine rings is 1. The van der Waals surface area contributed by atoms with Gasteiger partial charge in [0, 0.05) is 51.7 Å². The van der Waals surface area contributed by atoms with E-state index in [1.54, 1.807) is 4.90 Å². The second kappa shape index (κ2) is 13.3. The maximum atomic E-state index is 13.2. The van der Waals surface area contributed by atoms with Crippen molar-refractivity contribution in [2.24, 2.45) is 0 Å². The predicted octanol–water partition coefficient (Wildman–Crippen LogP) is 7.05. The van der Waals surface area contributed by atoms with Crippen molar-refractivity contribution in [2.45, 2.75) is 90.7 Å². The summed E-state index contributed by atoms with van der Waals surface area (Å²) in [6.45, 7) is 13.9. The van der Waals surface area contributed by atoms with Crippen molar-refractivity contribution < 1.29 is 28.4 Å².